The van der Waals surface area contributed by atoms with Gasteiger partial charge in [-0.3, -0.25) is 15.2 Å². The Kier molecular flexibility index (Phi) is 5.29. The Morgan fingerprint density at radius 3 is 2.90 bits per heavy atom. The van der Waals surface area contributed by atoms with E-state index in [1.54, 1.807) is 17.2 Å². The third-order valence-corrected chi connectivity index (χ3v) is 4.62. The van der Waals surface area contributed by atoms with E-state index < -0.39 is 0 Å². The zero-order valence-corrected chi connectivity index (χ0v) is 15.7. The minimum absolute atomic E-state index is 0.325. The number of nitrogens with one attached hydrogen (secondary N) is 2. The van der Waals surface area contributed by atoms with E-state index in [1.807, 2.05) is 30.3 Å². The Hall–Kier alpha value is -3.99. The Bertz CT molecular complexity index is 1060. The molecule has 0 fully saturated rings. The van der Waals surface area contributed by atoms with Gasteiger partial charge in [-0.25, -0.2) is 14.8 Å². The predicted octanol–water partition coefficient (Wildman–Crippen LogP) is 3.65. The van der Waals surface area contributed by atoms with E-state index in [4.69, 9.17) is 4.98 Å². The van der Waals surface area contributed by atoms with Crippen molar-refractivity contribution in [3.8, 4) is 17.3 Å². The zero-order valence-electron chi connectivity index (χ0n) is 15.7. The number of urea groups is 1. The molecule has 0 aliphatic carbocycles. The van der Waals surface area contributed by atoms with Crippen LogP contribution in [0.5, 0.6) is 0 Å². The molecule has 2 N–H and O–H groups in total. The summed E-state index contributed by atoms with van der Waals surface area (Å²) in [5.41, 5.74) is 2.68. The Labute approximate surface area is 168 Å². The third kappa shape index (κ3) is 3.99. The fourth-order valence-electron chi connectivity index (χ4n) is 3.21. The molecule has 29 heavy (non-hydrogen) atoms. The van der Waals surface area contributed by atoms with E-state index in [-0.39, 0.29) is 6.03 Å². The van der Waals surface area contributed by atoms with Crippen molar-refractivity contribution in [2.75, 3.05) is 28.6 Å². The number of carbonyl (C=O) groups excluding carboxylic acids is 1. The van der Waals surface area contributed by atoms with Crippen LogP contribution in [0.3, 0.4) is 0 Å². The van der Waals surface area contributed by atoms with Crippen LogP contribution < -0.4 is 15.5 Å². The first-order chi connectivity index (χ1) is 14.3. The molecule has 0 atom stereocenters. The Morgan fingerprint density at radius 2 is 2.07 bits per heavy atom. The van der Waals surface area contributed by atoms with E-state index >= 15 is 0 Å². The summed E-state index contributed by atoms with van der Waals surface area (Å²) in [7, 11) is 0. The van der Waals surface area contributed by atoms with Crippen molar-refractivity contribution < 1.29 is 4.79 Å². The number of fused-ring (bicyclic) bond motifs is 1. The molecule has 8 nitrogen and oxygen atoms in total. The minimum atomic E-state index is -0.325. The van der Waals surface area contributed by atoms with Crippen LogP contribution in [0.15, 0.2) is 55.0 Å². The summed E-state index contributed by atoms with van der Waals surface area (Å²) in [6, 6.07) is 12.9. The molecule has 1 aliphatic rings. The largest absolute Gasteiger partial charge is 0.382 e. The van der Waals surface area contributed by atoms with Crippen molar-refractivity contribution in [2.45, 2.75) is 12.8 Å². The average Bonchev–Trinajstić information content (AvgIpc) is 2.75. The fraction of sp³-hybridized carbons (Fsp3) is 0.190. The topological polar surface area (TPSA) is 107 Å². The minimum Gasteiger partial charge on any atom is -0.382 e. The van der Waals surface area contributed by atoms with Gasteiger partial charge < -0.3 is 5.32 Å². The van der Waals surface area contributed by atoms with Gasteiger partial charge in [0.05, 0.1) is 29.2 Å². The van der Waals surface area contributed by atoms with Crippen molar-refractivity contribution in [3.63, 3.8) is 0 Å². The van der Waals surface area contributed by atoms with Gasteiger partial charge in [0, 0.05) is 31.0 Å². The summed E-state index contributed by atoms with van der Waals surface area (Å²) in [6.45, 7) is 1.33. The second-order valence-corrected chi connectivity index (χ2v) is 6.53. The normalized spacial score (nSPS) is 13.3. The first-order valence-electron chi connectivity index (χ1n) is 9.35. The van der Waals surface area contributed by atoms with Crippen LogP contribution >= 0.6 is 0 Å². The Morgan fingerprint density at radius 1 is 1.17 bits per heavy atom. The number of nitriles is 1. The number of hydrogen-bond donors (Lipinski definition) is 2. The molecule has 0 saturated carbocycles. The SMILES string of the molecule is N#Cc1ccccc1-c1ccc2c(n1)N(C(=O)Nc1cnccn1)CCCCN2. The van der Waals surface area contributed by atoms with Gasteiger partial charge in [0.15, 0.2) is 11.6 Å². The average molecular weight is 385 g/mol. The summed E-state index contributed by atoms with van der Waals surface area (Å²) in [6.07, 6.45) is 6.34. The molecule has 0 spiro atoms. The molecular formula is C21H19N7O. The third-order valence-electron chi connectivity index (χ3n) is 4.62. The van der Waals surface area contributed by atoms with Gasteiger partial charge in [0.1, 0.15) is 0 Å². The molecule has 3 aromatic rings. The van der Waals surface area contributed by atoms with Crippen LogP contribution in [0.4, 0.5) is 22.1 Å². The van der Waals surface area contributed by atoms with Gasteiger partial charge in [-0.2, -0.15) is 5.26 Å². The number of hydrogen-bond acceptors (Lipinski definition) is 6. The van der Waals surface area contributed by atoms with Crippen LogP contribution in [0.1, 0.15) is 18.4 Å². The van der Waals surface area contributed by atoms with Crippen molar-refractivity contribution in [3.05, 3.63) is 60.6 Å². The van der Waals surface area contributed by atoms with Crippen molar-refractivity contribution in [1.29, 1.82) is 5.26 Å². The highest BCUT2D eigenvalue weighted by molar-refractivity contribution is 6.02. The van der Waals surface area contributed by atoms with E-state index in [0.717, 1.165) is 30.6 Å². The molecule has 1 aliphatic heterocycles. The molecule has 0 saturated heterocycles. The summed E-state index contributed by atoms with van der Waals surface area (Å²) in [5.74, 6) is 0.899. The second-order valence-electron chi connectivity index (χ2n) is 6.53. The second kappa shape index (κ2) is 8.35. The molecule has 2 aromatic heterocycles. The first kappa shape index (κ1) is 18.4. The van der Waals surface area contributed by atoms with Gasteiger partial charge in [-0.05, 0) is 31.0 Å². The molecule has 0 bridgehead atoms. The molecule has 0 unspecified atom stereocenters. The van der Waals surface area contributed by atoms with Crippen LogP contribution in [-0.4, -0.2) is 34.1 Å². The number of benzene rings is 1. The molecule has 4 rings (SSSR count). The zero-order chi connectivity index (χ0) is 20.1. The van der Waals surface area contributed by atoms with Gasteiger partial charge in [0.25, 0.3) is 0 Å². The summed E-state index contributed by atoms with van der Waals surface area (Å²) in [5, 5.41) is 15.5. The van der Waals surface area contributed by atoms with Gasteiger partial charge in [0.2, 0.25) is 0 Å². The lowest BCUT2D eigenvalue weighted by atomic mass is 10.0. The van der Waals surface area contributed by atoms with Gasteiger partial charge >= 0.3 is 6.03 Å². The maximum atomic E-state index is 13.0. The van der Waals surface area contributed by atoms with Crippen LogP contribution in [0.25, 0.3) is 11.3 Å². The molecule has 8 heteroatoms. The smallest absolute Gasteiger partial charge is 0.328 e. The van der Waals surface area contributed by atoms with Crippen molar-refractivity contribution >= 4 is 23.4 Å². The Balaban J connectivity index is 1.73. The molecule has 2 amide bonds. The maximum absolute atomic E-state index is 13.0. The maximum Gasteiger partial charge on any atom is 0.328 e. The summed E-state index contributed by atoms with van der Waals surface area (Å²) >= 11 is 0. The van der Waals surface area contributed by atoms with E-state index in [2.05, 4.69) is 26.7 Å². The molecule has 1 aromatic carbocycles. The number of nitrogens with zero attached hydrogens (tertiary/aromatic N) is 5. The monoisotopic (exact) mass is 385 g/mol. The van der Waals surface area contributed by atoms with Crippen molar-refractivity contribution in [2.24, 2.45) is 0 Å². The lowest BCUT2D eigenvalue weighted by Crippen LogP contribution is -2.38. The highest BCUT2D eigenvalue weighted by Crippen LogP contribution is 2.31. The van der Waals surface area contributed by atoms with Gasteiger partial charge in [-0.15, -0.1) is 0 Å². The van der Waals surface area contributed by atoms with Crippen LogP contribution in [0.2, 0.25) is 0 Å². The highest BCUT2D eigenvalue weighted by atomic mass is 16.2. The quantitative estimate of drug-likeness (QED) is 0.697. The summed E-state index contributed by atoms with van der Waals surface area (Å²) < 4.78 is 0. The molecule has 144 valence electrons. The highest BCUT2D eigenvalue weighted by Gasteiger charge is 2.23. The van der Waals surface area contributed by atoms with E-state index in [9.17, 15) is 10.1 Å². The number of pyridine rings is 1. The molecular weight excluding hydrogens is 366 g/mol. The lowest BCUT2D eigenvalue weighted by Gasteiger charge is -2.27. The summed E-state index contributed by atoms with van der Waals surface area (Å²) in [4.78, 5) is 27.4. The van der Waals surface area contributed by atoms with Crippen molar-refractivity contribution in [1.82, 2.24) is 15.0 Å². The van der Waals surface area contributed by atoms with Gasteiger partial charge in [-0.1, -0.05) is 18.2 Å². The van der Waals surface area contributed by atoms with E-state index in [0.29, 0.717) is 29.4 Å². The number of carbonyl (C=O) groups is 1. The lowest BCUT2D eigenvalue weighted by molar-refractivity contribution is 0.256. The molecule has 0 radical (unpaired) electrons. The first-order valence-corrected chi connectivity index (χ1v) is 9.35. The van der Waals surface area contributed by atoms with Crippen LogP contribution in [-0.2, 0) is 0 Å². The number of anilines is 3. The van der Waals surface area contributed by atoms with Crippen LogP contribution in [0, 0.1) is 11.3 Å². The van der Waals surface area contributed by atoms with E-state index in [1.165, 1.54) is 12.4 Å². The number of aromatic nitrogens is 3. The number of amides is 2. The predicted molar refractivity (Wildman–Crippen MR) is 111 cm³/mol. The molecule has 3 heterocycles. The fourth-order valence-corrected chi connectivity index (χ4v) is 3.21. The standard InChI is InChI=1S/C21H19N7O/c22-13-15-5-1-2-6-16(15)17-7-8-18-20(26-17)28(12-4-3-9-24-18)21(29)27-19-14-23-10-11-25-19/h1-2,5-8,10-11,14,24H,3-4,9,12H2,(H,25,27,29). The number of rotatable bonds is 2.